The van der Waals surface area contributed by atoms with Crippen LogP contribution < -0.4 is 0 Å². The summed E-state index contributed by atoms with van der Waals surface area (Å²) in [7, 11) is 0. The largest absolute Gasteiger partial charge is 0.395 e. The fourth-order valence-corrected chi connectivity index (χ4v) is 1.75. The summed E-state index contributed by atoms with van der Waals surface area (Å²) in [4.78, 5) is 6.25. The van der Waals surface area contributed by atoms with Crippen molar-refractivity contribution in [2.45, 2.75) is 26.3 Å². The maximum atomic E-state index is 8.99. The topological polar surface area (TPSA) is 36.4 Å². The van der Waals surface area contributed by atoms with Gasteiger partial charge in [-0.3, -0.25) is 4.90 Å². The molecule has 3 nitrogen and oxygen atoms in total. The molecule has 90 valence electrons. The van der Waals surface area contributed by atoms with Crippen molar-refractivity contribution in [1.82, 2.24) is 9.88 Å². The smallest absolute Gasteiger partial charge is 0.133 e. The van der Waals surface area contributed by atoms with Gasteiger partial charge in [-0.15, -0.1) is 0 Å². The Kier molecular flexibility index (Phi) is 6.38. The Hall–Kier alpha value is -0.640. The van der Waals surface area contributed by atoms with Gasteiger partial charge in [-0.05, 0) is 19.0 Å². The predicted molar refractivity (Wildman–Crippen MR) is 66.5 cm³/mol. The van der Waals surface area contributed by atoms with Crippen molar-refractivity contribution in [1.29, 1.82) is 0 Å². The highest BCUT2D eigenvalue weighted by atomic mass is 35.5. The molecule has 0 saturated heterocycles. The van der Waals surface area contributed by atoms with Crippen LogP contribution in [0.1, 0.15) is 25.3 Å². The monoisotopic (exact) mass is 242 g/mol. The summed E-state index contributed by atoms with van der Waals surface area (Å²) in [5.74, 6) is 0. The predicted octanol–water partition coefficient (Wildman–Crippen LogP) is 2.33. The van der Waals surface area contributed by atoms with E-state index in [2.05, 4.69) is 16.8 Å². The van der Waals surface area contributed by atoms with E-state index in [4.69, 9.17) is 16.7 Å². The molecular formula is C12H19ClN2O. The summed E-state index contributed by atoms with van der Waals surface area (Å²) < 4.78 is 0. The first-order valence-electron chi connectivity index (χ1n) is 5.70. The molecule has 0 aliphatic rings. The normalized spacial score (nSPS) is 11.0. The number of halogens is 1. The molecular weight excluding hydrogens is 224 g/mol. The first-order valence-corrected chi connectivity index (χ1v) is 6.08. The number of unbranched alkanes of at least 4 members (excludes halogenated alkanes) is 1. The summed E-state index contributed by atoms with van der Waals surface area (Å²) in [6, 6.07) is 3.86. The van der Waals surface area contributed by atoms with E-state index < -0.39 is 0 Å². The van der Waals surface area contributed by atoms with Gasteiger partial charge < -0.3 is 5.11 Å². The molecule has 0 bridgehead atoms. The second-order valence-electron chi connectivity index (χ2n) is 3.81. The Balaban J connectivity index is 2.56. The first-order chi connectivity index (χ1) is 7.77. The van der Waals surface area contributed by atoms with Gasteiger partial charge in [0.1, 0.15) is 5.15 Å². The van der Waals surface area contributed by atoms with E-state index in [1.807, 2.05) is 12.1 Å². The van der Waals surface area contributed by atoms with Crippen LogP contribution in [0, 0.1) is 0 Å². The summed E-state index contributed by atoms with van der Waals surface area (Å²) >= 11 is 6.00. The number of aliphatic hydroxyl groups is 1. The standard InChI is InChI=1S/C12H19ClN2O/c1-2-3-7-15(8-9-16)10-11-5-4-6-14-12(11)13/h4-6,16H,2-3,7-10H2,1H3. The highest BCUT2D eigenvalue weighted by molar-refractivity contribution is 6.30. The van der Waals surface area contributed by atoms with Gasteiger partial charge in [0.05, 0.1) is 6.61 Å². The van der Waals surface area contributed by atoms with Crippen LogP contribution >= 0.6 is 11.6 Å². The summed E-state index contributed by atoms with van der Waals surface area (Å²) in [5.41, 5.74) is 1.02. The molecule has 1 aromatic heterocycles. The van der Waals surface area contributed by atoms with Crippen LogP contribution in [-0.4, -0.2) is 34.7 Å². The minimum absolute atomic E-state index is 0.182. The molecule has 1 aromatic rings. The van der Waals surface area contributed by atoms with E-state index in [1.54, 1.807) is 6.20 Å². The zero-order valence-electron chi connectivity index (χ0n) is 9.69. The van der Waals surface area contributed by atoms with Gasteiger partial charge in [0, 0.05) is 24.8 Å². The summed E-state index contributed by atoms with van der Waals surface area (Å²) in [5, 5.41) is 9.55. The maximum absolute atomic E-state index is 8.99. The summed E-state index contributed by atoms with van der Waals surface area (Å²) in [6.07, 6.45) is 3.98. The lowest BCUT2D eigenvalue weighted by atomic mass is 10.2. The SMILES string of the molecule is CCCCN(CCO)Cc1cccnc1Cl. The van der Waals surface area contributed by atoms with Crippen LogP contribution in [0.3, 0.4) is 0 Å². The molecule has 0 spiro atoms. The number of pyridine rings is 1. The van der Waals surface area contributed by atoms with Gasteiger partial charge in [-0.1, -0.05) is 31.0 Å². The molecule has 0 radical (unpaired) electrons. The molecule has 0 fully saturated rings. The Morgan fingerprint density at radius 3 is 2.88 bits per heavy atom. The van der Waals surface area contributed by atoms with Crippen LogP contribution in [0.5, 0.6) is 0 Å². The van der Waals surface area contributed by atoms with Crippen molar-refractivity contribution in [3.8, 4) is 0 Å². The second-order valence-corrected chi connectivity index (χ2v) is 4.16. The average molecular weight is 243 g/mol. The van der Waals surface area contributed by atoms with E-state index in [-0.39, 0.29) is 6.61 Å². The number of hydrogen-bond donors (Lipinski definition) is 1. The molecule has 16 heavy (non-hydrogen) atoms. The van der Waals surface area contributed by atoms with Crippen molar-refractivity contribution < 1.29 is 5.11 Å². The van der Waals surface area contributed by atoms with Crippen molar-refractivity contribution in [3.63, 3.8) is 0 Å². The average Bonchev–Trinajstić information content (AvgIpc) is 2.29. The molecule has 0 unspecified atom stereocenters. The second kappa shape index (κ2) is 7.60. The molecule has 1 heterocycles. The highest BCUT2D eigenvalue weighted by Crippen LogP contribution is 2.14. The van der Waals surface area contributed by atoms with Gasteiger partial charge in [0.15, 0.2) is 0 Å². The van der Waals surface area contributed by atoms with Crippen LogP contribution in [-0.2, 0) is 6.54 Å². The molecule has 0 atom stereocenters. The van der Waals surface area contributed by atoms with Crippen LogP contribution in [0.2, 0.25) is 5.15 Å². The molecule has 1 N–H and O–H groups in total. The molecule has 0 aliphatic heterocycles. The van der Waals surface area contributed by atoms with Gasteiger partial charge in [-0.25, -0.2) is 4.98 Å². The van der Waals surface area contributed by atoms with E-state index >= 15 is 0 Å². The van der Waals surface area contributed by atoms with Crippen molar-refractivity contribution in [2.75, 3.05) is 19.7 Å². The Morgan fingerprint density at radius 2 is 2.25 bits per heavy atom. The lowest BCUT2D eigenvalue weighted by Gasteiger charge is -2.21. The molecule has 0 saturated carbocycles. The first kappa shape index (κ1) is 13.4. The van der Waals surface area contributed by atoms with Gasteiger partial charge >= 0.3 is 0 Å². The lowest BCUT2D eigenvalue weighted by Crippen LogP contribution is -2.27. The molecule has 0 aromatic carbocycles. The third kappa shape index (κ3) is 4.47. The number of aliphatic hydroxyl groups excluding tert-OH is 1. The zero-order chi connectivity index (χ0) is 11.8. The number of nitrogens with zero attached hydrogens (tertiary/aromatic N) is 2. The molecule has 4 heteroatoms. The summed E-state index contributed by atoms with van der Waals surface area (Å²) in [6.45, 7) is 4.77. The van der Waals surface area contributed by atoms with E-state index in [1.165, 1.54) is 0 Å². The van der Waals surface area contributed by atoms with Crippen LogP contribution in [0.25, 0.3) is 0 Å². The van der Waals surface area contributed by atoms with Crippen molar-refractivity contribution in [2.24, 2.45) is 0 Å². The number of aromatic nitrogens is 1. The quantitative estimate of drug-likeness (QED) is 0.746. The fraction of sp³-hybridized carbons (Fsp3) is 0.583. The lowest BCUT2D eigenvalue weighted by molar-refractivity contribution is 0.188. The van der Waals surface area contributed by atoms with Crippen LogP contribution in [0.15, 0.2) is 18.3 Å². The Labute approximate surface area is 102 Å². The van der Waals surface area contributed by atoms with E-state index in [9.17, 15) is 0 Å². The Bertz CT molecular complexity index is 307. The van der Waals surface area contributed by atoms with Crippen LogP contribution in [0.4, 0.5) is 0 Å². The third-order valence-electron chi connectivity index (χ3n) is 2.47. The Morgan fingerprint density at radius 1 is 1.44 bits per heavy atom. The number of rotatable bonds is 7. The van der Waals surface area contributed by atoms with Gasteiger partial charge in [0.25, 0.3) is 0 Å². The zero-order valence-corrected chi connectivity index (χ0v) is 10.5. The van der Waals surface area contributed by atoms with E-state index in [0.29, 0.717) is 11.7 Å². The highest BCUT2D eigenvalue weighted by Gasteiger charge is 2.07. The van der Waals surface area contributed by atoms with Crippen molar-refractivity contribution >= 4 is 11.6 Å². The minimum Gasteiger partial charge on any atom is -0.395 e. The molecule has 1 rings (SSSR count). The van der Waals surface area contributed by atoms with Gasteiger partial charge in [-0.2, -0.15) is 0 Å². The van der Waals surface area contributed by atoms with Crippen molar-refractivity contribution in [3.05, 3.63) is 29.0 Å². The molecule has 0 amide bonds. The third-order valence-corrected chi connectivity index (χ3v) is 2.81. The van der Waals surface area contributed by atoms with E-state index in [0.717, 1.165) is 31.5 Å². The minimum atomic E-state index is 0.182. The maximum Gasteiger partial charge on any atom is 0.133 e. The number of hydrogen-bond acceptors (Lipinski definition) is 3. The van der Waals surface area contributed by atoms with Gasteiger partial charge in [0.2, 0.25) is 0 Å². The molecule has 0 aliphatic carbocycles. The fourth-order valence-electron chi connectivity index (χ4n) is 1.57.